The number of hydrogen-bond acceptors (Lipinski definition) is 5. The molecule has 0 saturated carbocycles. The fraction of sp³-hybridized carbons (Fsp3) is 0.429. The third-order valence-corrected chi connectivity index (χ3v) is 5.29. The molecule has 1 fully saturated rings. The van der Waals surface area contributed by atoms with Crippen molar-refractivity contribution in [2.24, 2.45) is 0 Å². The minimum Gasteiger partial charge on any atom is -0.497 e. The topological polar surface area (TPSA) is 40.2 Å². The van der Waals surface area contributed by atoms with Crippen molar-refractivity contribution < 1.29 is 23.3 Å². The lowest BCUT2D eigenvalue weighted by Crippen LogP contribution is -2.24. The van der Waals surface area contributed by atoms with Gasteiger partial charge < -0.3 is 18.9 Å². The van der Waals surface area contributed by atoms with Crippen LogP contribution in [0, 0.1) is 5.82 Å². The number of methoxy groups -OCH3 is 2. The number of likely N-dealkylation sites (tertiary alicyclic amines) is 1. The molecule has 2 aromatic rings. The van der Waals surface area contributed by atoms with Gasteiger partial charge in [0, 0.05) is 35.3 Å². The zero-order valence-corrected chi connectivity index (χ0v) is 15.7. The molecule has 2 aromatic carbocycles. The molecule has 0 N–H and O–H groups in total. The molecule has 2 aliphatic heterocycles. The van der Waals surface area contributed by atoms with E-state index in [0.29, 0.717) is 13.2 Å². The van der Waals surface area contributed by atoms with E-state index in [2.05, 4.69) is 11.0 Å². The molecule has 0 amide bonds. The van der Waals surface area contributed by atoms with Gasteiger partial charge in [0.25, 0.3) is 0 Å². The fourth-order valence-corrected chi connectivity index (χ4v) is 4.05. The average Bonchev–Trinajstić information content (AvgIpc) is 3.15. The first-order valence-electron chi connectivity index (χ1n) is 9.17. The molecule has 0 bridgehead atoms. The number of benzene rings is 2. The molecule has 2 aliphatic rings. The van der Waals surface area contributed by atoms with Crippen LogP contribution < -0.4 is 14.2 Å². The summed E-state index contributed by atoms with van der Waals surface area (Å²) >= 11 is 0. The highest BCUT2D eigenvalue weighted by atomic mass is 19.1. The summed E-state index contributed by atoms with van der Waals surface area (Å²) in [6, 6.07) is 9.21. The largest absolute Gasteiger partial charge is 0.497 e. The normalized spacial score (nSPS) is 19.4. The Kier molecular flexibility index (Phi) is 5.18. The lowest BCUT2D eigenvalue weighted by molar-refractivity contribution is -0.0177. The van der Waals surface area contributed by atoms with Crippen LogP contribution in [0.4, 0.5) is 4.39 Å². The Morgan fingerprint density at radius 3 is 2.89 bits per heavy atom. The second kappa shape index (κ2) is 7.74. The maximum atomic E-state index is 14.1. The first-order chi connectivity index (χ1) is 13.2. The highest BCUT2D eigenvalue weighted by molar-refractivity contribution is 5.44. The van der Waals surface area contributed by atoms with Gasteiger partial charge in [-0.1, -0.05) is 6.07 Å². The van der Waals surface area contributed by atoms with Gasteiger partial charge in [-0.15, -0.1) is 0 Å². The van der Waals surface area contributed by atoms with E-state index in [-0.39, 0.29) is 18.7 Å². The number of fused-ring (bicyclic) bond motifs is 1. The van der Waals surface area contributed by atoms with Crippen molar-refractivity contribution in [1.82, 2.24) is 4.90 Å². The Hall–Kier alpha value is -2.31. The minimum absolute atomic E-state index is 0.210. The van der Waals surface area contributed by atoms with Crippen molar-refractivity contribution in [1.29, 1.82) is 0 Å². The predicted octanol–water partition coefficient (Wildman–Crippen LogP) is 4.05. The van der Waals surface area contributed by atoms with Crippen LogP contribution in [0.5, 0.6) is 17.2 Å². The van der Waals surface area contributed by atoms with Crippen molar-refractivity contribution in [2.45, 2.75) is 32.0 Å². The van der Waals surface area contributed by atoms with E-state index < -0.39 is 0 Å². The molecular weight excluding hydrogens is 349 g/mol. The van der Waals surface area contributed by atoms with Gasteiger partial charge in [0.05, 0.1) is 20.8 Å². The van der Waals surface area contributed by atoms with Crippen molar-refractivity contribution in [2.75, 3.05) is 27.6 Å². The smallest absolute Gasteiger partial charge is 0.189 e. The van der Waals surface area contributed by atoms with Gasteiger partial charge in [0.15, 0.2) is 6.79 Å². The van der Waals surface area contributed by atoms with Gasteiger partial charge in [-0.05, 0) is 37.6 Å². The lowest BCUT2D eigenvalue weighted by Gasteiger charge is -2.28. The van der Waals surface area contributed by atoms with Crippen molar-refractivity contribution in [3.63, 3.8) is 0 Å². The molecule has 144 valence electrons. The molecule has 5 nitrogen and oxygen atoms in total. The standard InChI is InChI=1S/C21H24FNO4/c1-24-17-5-6-18(20(10-17)25-2)19-4-3-7-23(19)11-14-8-16(22)9-15-12-26-13-27-21(14)15/h5-6,8-10,19H,3-4,7,11-13H2,1-2H3. The Labute approximate surface area is 158 Å². The number of rotatable bonds is 5. The van der Waals surface area contributed by atoms with Crippen LogP contribution in [0.2, 0.25) is 0 Å². The molecule has 0 aromatic heterocycles. The minimum atomic E-state index is -0.254. The molecule has 0 spiro atoms. The molecule has 4 rings (SSSR count). The second-order valence-electron chi connectivity index (χ2n) is 6.90. The summed E-state index contributed by atoms with van der Waals surface area (Å²) in [4.78, 5) is 2.36. The Bertz CT molecular complexity index is 826. The maximum absolute atomic E-state index is 14.1. The maximum Gasteiger partial charge on any atom is 0.189 e. The zero-order chi connectivity index (χ0) is 18.8. The monoisotopic (exact) mass is 373 g/mol. The van der Waals surface area contributed by atoms with Crippen LogP contribution in [0.15, 0.2) is 30.3 Å². The van der Waals surface area contributed by atoms with Gasteiger partial charge >= 0.3 is 0 Å². The third-order valence-electron chi connectivity index (χ3n) is 5.29. The molecule has 0 radical (unpaired) electrons. The van der Waals surface area contributed by atoms with Crippen LogP contribution in [0.25, 0.3) is 0 Å². The summed E-state index contributed by atoms with van der Waals surface area (Å²) in [6.07, 6.45) is 2.12. The average molecular weight is 373 g/mol. The molecule has 2 heterocycles. The first-order valence-corrected chi connectivity index (χ1v) is 9.17. The van der Waals surface area contributed by atoms with E-state index in [4.69, 9.17) is 18.9 Å². The summed E-state index contributed by atoms with van der Waals surface area (Å²) in [7, 11) is 3.32. The summed E-state index contributed by atoms with van der Waals surface area (Å²) < 4.78 is 36.0. The number of halogens is 1. The van der Waals surface area contributed by atoms with E-state index in [1.165, 1.54) is 6.07 Å². The molecule has 1 unspecified atom stereocenters. The predicted molar refractivity (Wildman–Crippen MR) is 98.6 cm³/mol. The van der Waals surface area contributed by atoms with Crippen LogP contribution in [0.3, 0.4) is 0 Å². The third kappa shape index (κ3) is 3.59. The molecule has 1 saturated heterocycles. The summed E-state index contributed by atoms with van der Waals surface area (Å²) in [5, 5.41) is 0. The zero-order valence-electron chi connectivity index (χ0n) is 15.7. The molecule has 0 aliphatic carbocycles. The van der Waals surface area contributed by atoms with E-state index >= 15 is 0 Å². The number of ether oxygens (including phenoxy) is 4. The van der Waals surface area contributed by atoms with Gasteiger partial charge in [0.1, 0.15) is 23.1 Å². The lowest BCUT2D eigenvalue weighted by atomic mass is 10.0. The van der Waals surface area contributed by atoms with E-state index in [1.54, 1.807) is 20.3 Å². The van der Waals surface area contributed by atoms with Gasteiger partial charge in [-0.3, -0.25) is 4.90 Å². The van der Waals surface area contributed by atoms with Crippen molar-refractivity contribution >= 4 is 0 Å². The fourth-order valence-electron chi connectivity index (χ4n) is 4.05. The van der Waals surface area contributed by atoms with Crippen LogP contribution >= 0.6 is 0 Å². The van der Waals surface area contributed by atoms with E-state index in [9.17, 15) is 4.39 Å². The Morgan fingerprint density at radius 1 is 1.19 bits per heavy atom. The van der Waals surface area contributed by atoms with Gasteiger partial charge in [-0.25, -0.2) is 4.39 Å². The van der Waals surface area contributed by atoms with Crippen molar-refractivity contribution in [3.8, 4) is 17.2 Å². The summed E-state index contributed by atoms with van der Waals surface area (Å²) in [5.74, 6) is 2.09. The van der Waals surface area contributed by atoms with Gasteiger partial charge in [-0.2, -0.15) is 0 Å². The number of hydrogen-bond donors (Lipinski definition) is 0. The molecule has 1 atom stereocenters. The summed E-state index contributed by atoms with van der Waals surface area (Å²) in [6.45, 7) is 2.17. The highest BCUT2D eigenvalue weighted by Gasteiger charge is 2.30. The van der Waals surface area contributed by atoms with Crippen molar-refractivity contribution in [3.05, 3.63) is 52.8 Å². The van der Waals surface area contributed by atoms with E-state index in [1.807, 2.05) is 12.1 Å². The van der Waals surface area contributed by atoms with Crippen LogP contribution in [0.1, 0.15) is 35.6 Å². The van der Waals surface area contributed by atoms with Gasteiger partial charge in [0.2, 0.25) is 0 Å². The van der Waals surface area contributed by atoms with E-state index in [0.717, 1.165) is 53.3 Å². The molecule has 6 heteroatoms. The quantitative estimate of drug-likeness (QED) is 0.791. The first kappa shape index (κ1) is 18.1. The molecular formula is C21H24FNO4. The van der Waals surface area contributed by atoms with Crippen LogP contribution in [-0.4, -0.2) is 32.5 Å². The highest BCUT2D eigenvalue weighted by Crippen LogP contribution is 2.40. The Balaban J connectivity index is 1.63. The summed E-state index contributed by atoms with van der Waals surface area (Å²) in [5.41, 5.74) is 2.77. The Morgan fingerprint density at radius 2 is 2.07 bits per heavy atom. The second-order valence-corrected chi connectivity index (χ2v) is 6.90. The number of nitrogens with zero attached hydrogens (tertiary/aromatic N) is 1. The molecule has 27 heavy (non-hydrogen) atoms. The SMILES string of the molecule is COc1ccc(C2CCCN2Cc2cc(F)cc3c2OCOC3)c(OC)c1. The van der Waals surface area contributed by atoms with Crippen LogP contribution in [-0.2, 0) is 17.9 Å².